The highest BCUT2D eigenvalue weighted by Crippen LogP contribution is 2.24. The topological polar surface area (TPSA) is 58.4 Å². The summed E-state index contributed by atoms with van der Waals surface area (Å²) in [5, 5.41) is 6.65. The minimum absolute atomic E-state index is 0.0540. The second-order valence-electron chi connectivity index (χ2n) is 6.19. The molecule has 2 aromatic rings. The molecule has 2 heterocycles. The second-order valence-corrected chi connectivity index (χ2v) is 6.19. The molecule has 1 aromatic carbocycles. The lowest BCUT2D eigenvalue weighted by Gasteiger charge is -2.29. The van der Waals surface area contributed by atoms with E-state index >= 15 is 0 Å². The van der Waals surface area contributed by atoms with E-state index in [-0.39, 0.29) is 30.6 Å². The van der Waals surface area contributed by atoms with E-state index in [4.69, 9.17) is 4.52 Å². The molecule has 2 amide bonds. The molecule has 24 heavy (non-hydrogen) atoms. The summed E-state index contributed by atoms with van der Waals surface area (Å²) < 4.78 is 32.7. The van der Waals surface area contributed by atoms with Crippen LogP contribution in [0.2, 0.25) is 0 Å². The molecule has 7 heteroatoms. The average molecular weight is 335 g/mol. The van der Waals surface area contributed by atoms with E-state index < -0.39 is 11.6 Å². The molecule has 0 unspecified atom stereocenters. The zero-order valence-electron chi connectivity index (χ0n) is 13.6. The summed E-state index contributed by atoms with van der Waals surface area (Å²) in [6.07, 6.45) is 0.298. The molecule has 128 valence electrons. The third-order valence-corrected chi connectivity index (χ3v) is 4.17. The van der Waals surface area contributed by atoms with Crippen LogP contribution < -0.4 is 5.32 Å². The van der Waals surface area contributed by atoms with Gasteiger partial charge < -0.3 is 14.7 Å². The Morgan fingerprint density at radius 3 is 2.71 bits per heavy atom. The Kier molecular flexibility index (Phi) is 4.51. The van der Waals surface area contributed by atoms with E-state index in [2.05, 4.69) is 10.5 Å². The van der Waals surface area contributed by atoms with Crippen molar-refractivity contribution in [3.05, 3.63) is 52.4 Å². The summed E-state index contributed by atoms with van der Waals surface area (Å²) in [6.45, 7) is 4.59. The van der Waals surface area contributed by atoms with Crippen LogP contribution in [0, 0.1) is 11.6 Å². The number of carbonyl (C=O) groups is 1. The van der Waals surface area contributed by atoms with Crippen molar-refractivity contribution in [1.29, 1.82) is 0 Å². The predicted molar refractivity (Wildman–Crippen MR) is 83.3 cm³/mol. The lowest BCUT2D eigenvalue weighted by Crippen LogP contribution is -2.43. The zero-order valence-corrected chi connectivity index (χ0v) is 13.6. The molecular weight excluding hydrogens is 316 g/mol. The summed E-state index contributed by atoms with van der Waals surface area (Å²) in [7, 11) is 0. The van der Waals surface area contributed by atoms with E-state index in [0.29, 0.717) is 24.3 Å². The van der Waals surface area contributed by atoms with Crippen molar-refractivity contribution in [2.24, 2.45) is 0 Å². The third kappa shape index (κ3) is 3.25. The van der Waals surface area contributed by atoms with Gasteiger partial charge in [-0.25, -0.2) is 13.6 Å². The highest BCUT2D eigenvalue weighted by Gasteiger charge is 2.25. The van der Waals surface area contributed by atoms with Gasteiger partial charge in [-0.3, -0.25) is 0 Å². The van der Waals surface area contributed by atoms with E-state index in [1.165, 1.54) is 4.90 Å². The molecule has 0 saturated carbocycles. The second kappa shape index (κ2) is 6.59. The lowest BCUT2D eigenvalue weighted by atomic mass is 9.99. The number of halogens is 2. The van der Waals surface area contributed by atoms with Gasteiger partial charge in [0.25, 0.3) is 0 Å². The summed E-state index contributed by atoms with van der Waals surface area (Å²) in [5.41, 5.74) is 1.43. The van der Waals surface area contributed by atoms with Gasteiger partial charge in [0.2, 0.25) is 0 Å². The molecule has 0 saturated heterocycles. The Morgan fingerprint density at radius 2 is 2.04 bits per heavy atom. The van der Waals surface area contributed by atoms with Crippen LogP contribution in [-0.4, -0.2) is 22.6 Å². The van der Waals surface area contributed by atoms with Crippen molar-refractivity contribution in [2.45, 2.75) is 39.3 Å². The molecule has 0 atom stereocenters. The summed E-state index contributed by atoms with van der Waals surface area (Å²) >= 11 is 0. The lowest BCUT2D eigenvalue weighted by molar-refractivity contribution is 0.189. The van der Waals surface area contributed by atoms with Crippen LogP contribution in [0.1, 0.15) is 42.3 Å². The molecule has 1 aromatic heterocycles. The molecular formula is C17H19F2N3O2. The monoisotopic (exact) mass is 335 g/mol. The van der Waals surface area contributed by atoms with Crippen LogP contribution in [0.5, 0.6) is 0 Å². The Labute approximate surface area is 138 Å². The van der Waals surface area contributed by atoms with Crippen LogP contribution in [0.4, 0.5) is 13.6 Å². The highest BCUT2D eigenvalue weighted by molar-refractivity contribution is 5.74. The average Bonchev–Trinajstić information content (AvgIpc) is 3.05. The molecule has 3 rings (SSSR count). The van der Waals surface area contributed by atoms with Crippen molar-refractivity contribution >= 4 is 6.03 Å². The van der Waals surface area contributed by atoms with Gasteiger partial charge in [0, 0.05) is 18.2 Å². The Bertz CT molecular complexity index is 758. The number of rotatable bonds is 3. The largest absolute Gasteiger partial charge is 0.359 e. The van der Waals surface area contributed by atoms with Crippen LogP contribution in [0.25, 0.3) is 0 Å². The van der Waals surface area contributed by atoms with Gasteiger partial charge in [-0.15, -0.1) is 0 Å². The van der Waals surface area contributed by atoms with Gasteiger partial charge in [-0.05, 0) is 30.0 Å². The number of nitrogens with zero attached hydrogens (tertiary/aromatic N) is 2. The van der Waals surface area contributed by atoms with Crippen LogP contribution in [-0.2, 0) is 19.5 Å². The SMILES string of the molecule is CC(C)c1cc(CNC(=O)N2CCc3c(F)ccc(F)c3C2)on1. The number of fused-ring (bicyclic) bond motifs is 1. The van der Waals surface area contributed by atoms with Crippen molar-refractivity contribution in [3.8, 4) is 0 Å². The van der Waals surface area contributed by atoms with Crippen molar-refractivity contribution in [1.82, 2.24) is 15.4 Å². The molecule has 0 aliphatic carbocycles. The van der Waals surface area contributed by atoms with E-state index in [1.807, 2.05) is 13.8 Å². The zero-order chi connectivity index (χ0) is 17.3. The molecule has 1 N–H and O–H groups in total. The first kappa shape index (κ1) is 16.4. The molecule has 5 nitrogen and oxygen atoms in total. The number of urea groups is 1. The van der Waals surface area contributed by atoms with Crippen LogP contribution in [0.15, 0.2) is 22.7 Å². The standard InChI is InChI=1S/C17H19F2N3O2/c1-10(2)16-7-11(24-21-16)8-20-17(23)22-6-5-12-13(9-22)15(19)4-3-14(12)18/h3-4,7,10H,5-6,8-9H2,1-2H3,(H,20,23). The fraction of sp³-hybridized carbons (Fsp3) is 0.412. The molecule has 0 bridgehead atoms. The normalized spacial score (nSPS) is 14.0. The number of benzene rings is 1. The van der Waals surface area contributed by atoms with Crippen molar-refractivity contribution < 1.29 is 18.1 Å². The minimum Gasteiger partial charge on any atom is -0.359 e. The fourth-order valence-electron chi connectivity index (χ4n) is 2.73. The fourth-order valence-corrected chi connectivity index (χ4v) is 2.73. The summed E-state index contributed by atoms with van der Waals surface area (Å²) in [6, 6.07) is 3.68. The Balaban J connectivity index is 1.63. The maximum atomic E-state index is 13.9. The number of amides is 2. The number of hydrogen-bond acceptors (Lipinski definition) is 3. The van der Waals surface area contributed by atoms with Gasteiger partial charge in [-0.2, -0.15) is 0 Å². The maximum Gasteiger partial charge on any atom is 0.318 e. The quantitative estimate of drug-likeness (QED) is 0.936. The highest BCUT2D eigenvalue weighted by atomic mass is 19.1. The van der Waals surface area contributed by atoms with Gasteiger partial charge in [-0.1, -0.05) is 19.0 Å². The number of carbonyl (C=O) groups excluding carboxylic acids is 1. The Morgan fingerprint density at radius 1 is 1.33 bits per heavy atom. The first-order valence-electron chi connectivity index (χ1n) is 7.89. The Hall–Kier alpha value is -2.44. The van der Waals surface area contributed by atoms with Crippen molar-refractivity contribution in [3.63, 3.8) is 0 Å². The molecule has 0 spiro atoms. The van der Waals surface area contributed by atoms with Crippen molar-refractivity contribution in [2.75, 3.05) is 6.54 Å². The molecule has 1 aliphatic heterocycles. The van der Waals surface area contributed by atoms with E-state index in [9.17, 15) is 13.6 Å². The van der Waals surface area contributed by atoms with Crippen LogP contribution >= 0.6 is 0 Å². The minimum atomic E-state index is -0.485. The summed E-state index contributed by atoms with van der Waals surface area (Å²) in [5.74, 6) is -0.105. The van der Waals surface area contributed by atoms with Crippen LogP contribution in [0.3, 0.4) is 0 Å². The maximum absolute atomic E-state index is 13.9. The van der Waals surface area contributed by atoms with Gasteiger partial charge in [0.15, 0.2) is 5.76 Å². The number of aromatic nitrogens is 1. The first-order chi connectivity index (χ1) is 11.5. The van der Waals surface area contributed by atoms with E-state index in [1.54, 1.807) is 6.07 Å². The van der Waals surface area contributed by atoms with E-state index in [0.717, 1.165) is 17.8 Å². The molecule has 1 aliphatic rings. The van der Waals surface area contributed by atoms with Gasteiger partial charge >= 0.3 is 6.03 Å². The number of nitrogens with one attached hydrogen (secondary N) is 1. The summed E-state index contributed by atoms with van der Waals surface area (Å²) in [4.78, 5) is 13.7. The van der Waals surface area contributed by atoms with Gasteiger partial charge in [0.1, 0.15) is 11.6 Å². The third-order valence-electron chi connectivity index (χ3n) is 4.17. The van der Waals surface area contributed by atoms with Gasteiger partial charge in [0.05, 0.1) is 18.8 Å². The molecule has 0 radical (unpaired) electrons. The molecule has 0 fully saturated rings. The first-order valence-corrected chi connectivity index (χ1v) is 7.89. The smallest absolute Gasteiger partial charge is 0.318 e. The number of hydrogen-bond donors (Lipinski definition) is 1. The predicted octanol–water partition coefficient (Wildman–Crippen LogP) is 3.34.